The van der Waals surface area contributed by atoms with Crippen molar-refractivity contribution in [2.75, 3.05) is 40.5 Å². The molecule has 0 spiro atoms. The maximum atomic E-state index is 12.3. The highest BCUT2D eigenvalue weighted by Crippen LogP contribution is 2.04. The summed E-state index contributed by atoms with van der Waals surface area (Å²) in [4.78, 5) is 18.1. The van der Waals surface area contributed by atoms with Gasteiger partial charge in [0.25, 0.3) is 5.91 Å². The summed E-state index contributed by atoms with van der Waals surface area (Å²) in [6.07, 6.45) is 1.62. The van der Waals surface area contributed by atoms with Gasteiger partial charge in [-0.25, -0.2) is 0 Å². The van der Waals surface area contributed by atoms with Crippen LogP contribution in [0.15, 0.2) is 18.3 Å². The zero-order chi connectivity index (χ0) is 14.1. The van der Waals surface area contributed by atoms with Crippen LogP contribution in [0.5, 0.6) is 0 Å². The third-order valence-corrected chi connectivity index (χ3v) is 2.70. The Balaban J connectivity index is 2.72. The molecule has 0 radical (unpaired) electrons. The van der Waals surface area contributed by atoms with Crippen molar-refractivity contribution in [2.45, 2.75) is 6.54 Å². The van der Waals surface area contributed by atoms with Gasteiger partial charge >= 0.3 is 0 Å². The highest BCUT2D eigenvalue weighted by Gasteiger charge is 2.16. The molecule has 1 rings (SSSR count). The van der Waals surface area contributed by atoms with Gasteiger partial charge in [0.2, 0.25) is 0 Å². The maximum absolute atomic E-state index is 12.3. The van der Waals surface area contributed by atoms with Crippen molar-refractivity contribution in [3.63, 3.8) is 0 Å². The van der Waals surface area contributed by atoms with Crippen LogP contribution in [0, 0.1) is 0 Å². The van der Waals surface area contributed by atoms with E-state index in [2.05, 4.69) is 4.98 Å². The van der Waals surface area contributed by atoms with E-state index in [0.717, 1.165) is 5.56 Å². The van der Waals surface area contributed by atoms with E-state index in [-0.39, 0.29) is 5.91 Å². The van der Waals surface area contributed by atoms with E-state index in [1.807, 2.05) is 6.07 Å². The second-order valence-corrected chi connectivity index (χ2v) is 4.03. The number of methoxy groups -OCH3 is 2. The fourth-order valence-corrected chi connectivity index (χ4v) is 1.55. The zero-order valence-electron chi connectivity index (χ0n) is 11.5. The second kappa shape index (κ2) is 8.58. The highest BCUT2D eigenvalue weighted by atomic mass is 16.5. The van der Waals surface area contributed by atoms with Crippen molar-refractivity contribution in [2.24, 2.45) is 5.73 Å². The lowest BCUT2D eigenvalue weighted by Crippen LogP contribution is -2.36. The molecule has 19 heavy (non-hydrogen) atoms. The third kappa shape index (κ3) is 4.94. The molecular weight excluding hydrogens is 246 g/mol. The van der Waals surface area contributed by atoms with Gasteiger partial charge in [0, 0.05) is 40.1 Å². The second-order valence-electron chi connectivity index (χ2n) is 4.03. The molecule has 106 valence electrons. The van der Waals surface area contributed by atoms with Crippen molar-refractivity contribution in [1.29, 1.82) is 0 Å². The Morgan fingerprint density at radius 3 is 2.32 bits per heavy atom. The number of amides is 1. The van der Waals surface area contributed by atoms with E-state index < -0.39 is 0 Å². The number of nitrogens with two attached hydrogens (primary N) is 1. The van der Waals surface area contributed by atoms with Gasteiger partial charge in [-0.15, -0.1) is 0 Å². The average molecular weight is 267 g/mol. The Morgan fingerprint density at radius 2 is 1.89 bits per heavy atom. The first-order valence-corrected chi connectivity index (χ1v) is 6.15. The minimum absolute atomic E-state index is 0.127. The number of rotatable bonds is 8. The van der Waals surface area contributed by atoms with Crippen LogP contribution < -0.4 is 5.73 Å². The number of hydrogen-bond acceptors (Lipinski definition) is 5. The van der Waals surface area contributed by atoms with E-state index in [4.69, 9.17) is 15.2 Å². The van der Waals surface area contributed by atoms with Crippen molar-refractivity contribution < 1.29 is 14.3 Å². The molecule has 6 nitrogen and oxygen atoms in total. The number of pyridine rings is 1. The summed E-state index contributed by atoms with van der Waals surface area (Å²) in [5.41, 5.74) is 6.81. The van der Waals surface area contributed by atoms with Gasteiger partial charge in [-0.3, -0.25) is 9.78 Å². The molecule has 0 aliphatic rings. The van der Waals surface area contributed by atoms with Crippen molar-refractivity contribution >= 4 is 5.91 Å². The molecule has 0 fully saturated rings. The number of carbonyl (C=O) groups is 1. The van der Waals surface area contributed by atoms with E-state index >= 15 is 0 Å². The smallest absolute Gasteiger partial charge is 0.272 e. The molecule has 1 amide bonds. The first-order valence-electron chi connectivity index (χ1n) is 6.15. The Morgan fingerprint density at radius 1 is 1.26 bits per heavy atom. The molecule has 2 N–H and O–H groups in total. The number of carbonyl (C=O) groups excluding carboxylic acids is 1. The Labute approximate surface area is 113 Å². The lowest BCUT2D eigenvalue weighted by molar-refractivity contribution is 0.0622. The summed E-state index contributed by atoms with van der Waals surface area (Å²) in [5.74, 6) is -0.127. The molecular formula is C13H21N3O3. The molecule has 0 aromatic carbocycles. The Bertz CT molecular complexity index is 373. The summed E-state index contributed by atoms with van der Waals surface area (Å²) in [6, 6.07) is 3.50. The normalized spacial score (nSPS) is 10.5. The van der Waals surface area contributed by atoms with Crippen LogP contribution in [-0.2, 0) is 16.0 Å². The third-order valence-electron chi connectivity index (χ3n) is 2.70. The molecule has 0 aliphatic carbocycles. The molecule has 0 bridgehead atoms. The minimum atomic E-state index is -0.127. The molecule has 0 atom stereocenters. The summed E-state index contributed by atoms with van der Waals surface area (Å²) in [6.45, 7) is 2.41. The van der Waals surface area contributed by atoms with E-state index in [1.165, 1.54) is 0 Å². The molecule has 1 heterocycles. The fourth-order valence-electron chi connectivity index (χ4n) is 1.55. The summed E-state index contributed by atoms with van der Waals surface area (Å²) in [5, 5.41) is 0. The van der Waals surface area contributed by atoms with Crippen LogP contribution in [-0.4, -0.2) is 56.3 Å². The van der Waals surface area contributed by atoms with Crippen LogP contribution in [0.25, 0.3) is 0 Å². The SMILES string of the molecule is COCCN(CCOC)C(=O)c1ccc(CN)cn1. The number of aromatic nitrogens is 1. The molecule has 6 heteroatoms. The van der Waals surface area contributed by atoms with Gasteiger partial charge in [-0.1, -0.05) is 6.07 Å². The molecule has 0 saturated heterocycles. The molecule has 1 aromatic rings. The van der Waals surface area contributed by atoms with Gasteiger partial charge in [0.1, 0.15) is 5.69 Å². The topological polar surface area (TPSA) is 77.7 Å². The van der Waals surface area contributed by atoms with Crippen LogP contribution in [0.1, 0.15) is 16.1 Å². The van der Waals surface area contributed by atoms with Crippen molar-refractivity contribution in [3.8, 4) is 0 Å². The maximum Gasteiger partial charge on any atom is 0.272 e. The summed E-state index contributed by atoms with van der Waals surface area (Å²) < 4.78 is 10.0. The monoisotopic (exact) mass is 267 g/mol. The Hall–Kier alpha value is -1.50. The Kier molecular flexibility index (Phi) is 7.02. The zero-order valence-corrected chi connectivity index (χ0v) is 11.5. The van der Waals surface area contributed by atoms with Crippen molar-refractivity contribution in [3.05, 3.63) is 29.6 Å². The fraction of sp³-hybridized carbons (Fsp3) is 0.538. The molecule has 1 aromatic heterocycles. The average Bonchev–Trinajstić information content (AvgIpc) is 2.47. The van der Waals surface area contributed by atoms with E-state index in [0.29, 0.717) is 38.5 Å². The largest absolute Gasteiger partial charge is 0.383 e. The standard InChI is InChI=1S/C13H21N3O3/c1-18-7-5-16(6-8-19-2)13(17)12-4-3-11(9-14)10-15-12/h3-4,10H,5-9,14H2,1-2H3. The van der Waals surface area contributed by atoms with Gasteiger partial charge in [-0.2, -0.15) is 0 Å². The predicted octanol–water partition coefficient (Wildman–Crippen LogP) is 0.275. The molecule has 0 saturated carbocycles. The summed E-state index contributed by atoms with van der Waals surface area (Å²) >= 11 is 0. The first-order chi connectivity index (χ1) is 9.22. The van der Waals surface area contributed by atoms with Gasteiger partial charge in [0.15, 0.2) is 0 Å². The number of hydrogen-bond donors (Lipinski definition) is 1. The van der Waals surface area contributed by atoms with Crippen LogP contribution in [0.2, 0.25) is 0 Å². The minimum Gasteiger partial charge on any atom is -0.383 e. The quantitative estimate of drug-likeness (QED) is 0.732. The lowest BCUT2D eigenvalue weighted by Gasteiger charge is -2.21. The molecule has 0 aliphatic heterocycles. The predicted molar refractivity (Wildman–Crippen MR) is 71.8 cm³/mol. The van der Waals surface area contributed by atoms with Crippen LogP contribution in [0.4, 0.5) is 0 Å². The molecule has 0 unspecified atom stereocenters. The summed E-state index contributed by atoms with van der Waals surface area (Å²) in [7, 11) is 3.21. The number of ether oxygens (including phenoxy) is 2. The van der Waals surface area contributed by atoms with Crippen LogP contribution in [0.3, 0.4) is 0 Å². The van der Waals surface area contributed by atoms with Crippen molar-refractivity contribution in [1.82, 2.24) is 9.88 Å². The van der Waals surface area contributed by atoms with Gasteiger partial charge in [-0.05, 0) is 11.6 Å². The van der Waals surface area contributed by atoms with Gasteiger partial charge in [0.05, 0.1) is 13.2 Å². The first kappa shape index (κ1) is 15.6. The van der Waals surface area contributed by atoms with E-state index in [1.54, 1.807) is 31.4 Å². The number of nitrogens with zero attached hydrogens (tertiary/aromatic N) is 2. The lowest BCUT2D eigenvalue weighted by atomic mass is 10.2. The van der Waals surface area contributed by atoms with E-state index in [9.17, 15) is 4.79 Å². The highest BCUT2D eigenvalue weighted by molar-refractivity contribution is 5.92. The van der Waals surface area contributed by atoms with Gasteiger partial charge < -0.3 is 20.1 Å². The van der Waals surface area contributed by atoms with Crippen LogP contribution >= 0.6 is 0 Å².